The van der Waals surface area contributed by atoms with Crippen molar-refractivity contribution in [1.29, 1.82) is 0 Å². The summed E-state index contributed by atoms with van der Waals surface area (Å²) < 4.78 is 9.59. The smallest absolute Gasteiger partial charge is 0.252 e. The number of amides is 1. The van der Waals surface area contributed by atoms with E-state index in [1.54, 1.807) is 6.20 Å². The summed E-state index contributed by atoms with van der Waals surface area (Å²) in [6, 6.07) is 9.33. The molecule has 0 aliphatic carbocycles. The molecule has 0 radical (unpaired) electrons. The van der Waals surface area contributed by atoms with Crippen LogP contribution in [-0.2, 0) is 17.9 Å². The fourth-order valence-corrected chi connectivity index (χ4v) is 3.95. The summed E-state index contributed by atoms with van der Waals surface area (Å²) in [4.78, 5) is 17.4. The summed E-state index contributed by atoms with van der Waals surface area (Å²) in [5.74, 6) is -0.169. The van der Waals surface area contributed by atoms with Crippen LogP contribution in [0.15, 0.2) is 48.9 Å². The number of nitrogens with one attached hydrogen (secondary N) is 1. The van der Waals surface area contributed by atoms with Gasteiger partial charge in [0.1, 0.15) is 5.65 Å². The van der Waals surface area contributed by atoms with E-state index in [0.29, 0.717) is 12.1 Å². The van der Waals surface area contributed by atoms with Gasteiger partial charge in [-0.2, -0.15) is 5.10 Å². The minimum atomic E-state index is -0.169. The van der Waals surface area contributed by atoms with Gasteiger partial charge in [-0.3, -0.25) is 4.79 Å². The summed E-state index contributed by atoms with van der Waals surface area (Å²) >= 11 is 0. The molecule has 0 bridgehead atoms. The zero-order valence-corrected chi connectivity index (χ0v) is 16.5. The van der Waals surface area contributed by atoms with Gasteiger partial charge in [-0.05, 0) is 43.0 Å². The Morgan fingerprint density at radius 2 is 2.17 bits per heavy atom. The molecule has 4 aromatic rings. The largest absolute Gasteiger partial charge is 0.392 e. The van der Waals surface area contributed by atoms with Crippen LogP contribution >= 0.6 is 0 Å². The van der Waals surface area contributed by atoms with Crippen molar-refractivity contribution in [3.8, 4) is 0 Å². The molecule has 1 fully saturated rings. The molecule has 5 rings (SSSR count). The van der Waals surface area contributed by atoms with Crippen molar-refractivity contribution >= 4 is 22.5 Å². The molecule has 1 aromatic carbocycles. The first-order chi connectivity index (χ1) is 14.7. The number of nitrogens with zero attached hydrogens (tertiary/aromatic N) is 4. The van der Waals surface area contributed by atoms with Crippen molar-refractivity contribution in [1.82, 2.24) is 24.5 Å². The second-order valence-electron chi connectivity index (χ2n) is 7.52. The molecule has 1 saturated heterocycles. The molecule has 3 aromatic heterocycles. The van der Waals surface area contributed by atoms with E-state index in [9.17, 15) is 9.90 Å². The lowest BCUT2D eigenvalue weighted by atomic mass is 10.1. The third-order valence-electron chi connectivity index (χ3n) is 5.49. The Hall–Kier alpha value is -3.23. The maximum Gasteiger partial charge on any atom is 0.252 e. The van der Waals surface area contributed by atoms with Crippen molar-refractivity contribution < 1.29 is 14.6 Å². The molecule has 1 aliphatic rings. The molecule has 30 heavy (non-hydrogen) atoms. The Kier molecular flexibility index (Phi) is 4.94. The predicted molar refractivity (Wildman–Crippen MR) is 111 cm³/mol. The summed E-state index contributed by atoms with van der Waals surface area (Å²) in [5.41, 5.74) is 3.81. The lowest BCUT2D eigenvalue weighted by Crippen LogP contribution is -2.23. The number of carbonyl (C=O) groups excluding carboxylic acids is 1. The Morgan fingerprint density at radius 1 is 1.23 bits per heavy atom. The fourth-order valence-electron chi connectivity index (χ4n) is 3.95. The van der Waals surface area contributed by atoms with Gasteiger partial charge in [0.15, 0.2) is 6.23 Å². The van der Waals surface area contributed by atoms with Crippen molar-refractivity contribution in [2.75, 3.05) is 6.61 Å². The molecule has 0 saturated carbocycles. The summed E-state index contributed by atoms with van der Waals surface area (Å²) in [6.07, 6.45) is 8.47. The van der Waals surface area contributed by atoms with Gasteiger partial charge < -0.3 is 19.6 Å². The van der Waals surface area contributed by atoms with Gasteiger partial charge in [-0.15, -0.1) is 0 Å². The average molecular weight is 405 g/mol. The van der Waals surface area contributed by atoms with E-state index in [1.807, 2.05) is 51.8 Å². The lowest BCUT2D eigenvalue weighted by molar-refractivity contribution is -0.0366. The van der Waals surface area contributed by atoms with E-state index in [2.05, 4.69) is 15.4 Å². The van der Waals surface area contributed by atoms with E-state index >= 15 is 0 Å². The zero-order chi connectivity index (χ0) is 20.5. The standard InChI is InChI=1S/C22H23N5O3/c28-14-15-7-8-20-25-16(13-26(20)12-15)10-23-22(29)17-4-3-5-19-18(17)11-24-27(19)21-6-1-2-9-30-21/h3-5,7-8,11-13,21,28H,1-2,6,9-10,14H2,(H,23,29). The van der Waals surface area contributed by atoms with E-state index in [0.717, 1.165) is 53.7 Å². The molecular formula is C22H23N5O3. The number of imidazole rings is 1. The molecule has 1 amide bonds. The van der Waals surface area contributed by atoms with Gasteiger partial charge in [0, 0.05) is 24.4 Å². The number of benzene rings is 1. The monoisotopic (exact) mass is 405 g/mol. The number of hydrogen-bond acceptors (Lipinski definition) is 5. The summed E-state index contributed by atoms with van der Waals surface area (Å²) in [6.45, 7) is 1.03. The SMILES string of the molecule is O=C(NCc1cn2cc(CO)ccc2n1)c1cccc2c1cnn2C1CCCCO1. The van der Waals surface area contributed by atoms with Crippen LogP contribution < -0.4 is 5.32 Å². The number of ether oxygens (including phenoxy) is 1. The summed E-state index contributed by atoms with van der Waals surface area (Å²) in [7, 11) is 0. The van der Waals surface area contributed by atoms with Crippen LogP contribution in [0.4, 0.5) is 0 Å². The molecule has 1 unspecified atom stereocenters. The van der Waals surface area contributed by atoms with Crippen molar-refractivity contribution in [3.63, 3.8) is 0 Å². The number of rotatable bonds is 5. The molecule has 0 spiro atoms. The first kappa shape index (κ1) is 18.8. The quantitative estimate of drug-likeness (QED) is 0.533. The first-order valence-electron chi connectivity index (χ1n) is 10.2. The van der Waals surface area contributed by atoms with Gasteiger partial charge in [0.25, 0.3) is 5.91 Å². The maximum absolute atomic E-state index is 12.9. The predicted octanol–water partition coefficient (Wildman–Crippen LogP) is 2.81. The molecule has 154 valence electrons. The van der Waals surface area contributed by atoms with Gasteiger partial charge in [0.05, 0.1) is 36.1 Å². The fraction of sp³-hybridized carbons (Fsp3) is 0.318. The van der Waals surface area contributed by atoms with Crippen LogP contribution in [0.2, 0.25) is 0 Å². The Bertz CT molecular complexity index is 1210. The average Bonchev–Trinajstić information content (AvgIpc) is 3.41. The topological polar surface area (TPSA) is 93.7 Å². The molecule has 4 heterocycles. The number of aliphatic hydroxyl groups is 1. The highest BCUT2D eigenvalue weighted by molar-refractivity contribution is 6.06. The van der Waals surface area contributed by atoms with Crippen LogP contribution in [0.1, 0.15) is 47.1 Å². The number of aliphatic hydroxyl groups excluding tert-OH is 1. The van der Waals surface area contributed by atoms with Gasteiger partial charge in [0.2, 0.25) is 0 Å². The third kappa shape index (κ3) is 3.44. The number of aromatic nitrogens is 4. The normalized spacial score (nSPS) is 16.9. The second kappa shape index (κ2) is 7.89. The molecule has 2 N–H and O–H groups in total. The van der Waals surface area contributed by atoms with E-state index in [4.69, 9.17) is 4.74 Å². The minimum Gasteiger partial charge on any atom is -0.392 e. The number of hydrogen-bond donors (Lipinski definition) is 2. The van der Waals surface area contributed by atoms with E-state index in [1.165, 1.54) is 0 Å². The third-order valence-corrected chi connectivity index (χ3v) is 5.49. The number of fused-ring (bicyclic) bond motifs is 2. The Morgan fingerprint density at radius 3 is 3.00 bits per heavy atom. The van der Waals surface area contributed by atoms with Crippen molar-refractivity contribution in [3.05, 3.63) is 65.7 Å². The Balaban J connectivity index is 1.35. The van der Waals surface area contributed by atoms with Crippen LogP contribution in [0.5, 0.6) is 0 Å². The van der Waals surface area contributed by atoms with Crippen LogP contribution in [0.25, 0.3) is 16.6 Å². The van der Waals surface area contributed by atoms with Crippen molar-refractivity contribution in [2.24, 2.45) is 0 Å². The maximum atomic E-state index is 12.9. The highest BCUT2D eigenvalue weighted by Gasteiger charge is 2.20. The molecular weight excluding hydrogens is 382 g/mol. The molecule has 1 aliphatic heterocycles. The second-order valence-corrected chi connectivity index (χ2v) is 7.52. The molecule has 8 heteroatoms. The van der Waals surface area contributed by atoms with Gasteiger partial charge >= 0.3 is 0 Å². The van der Waals surface area contributed by atoms with Crippen LogP contribution in [0.3, 0.4) is 0 Å². The van der Waals surface area contributed by atoms with Gasteiger partial charge in [-0.25, -0.2) is 9.67 Å². The van der Waals surface area contributed by atoms with Crippen LogP contribution in [-0.4, -0.2) is 36.8 Å². The highest BCUT2D eigenvalue weighted by Crippen LogP contribution is 2.27. The van der Waals surface area contributed by atoms with Gasteiger partial charge in [-0.1, -0.05) is 12.1 Å². The molecule has 8 nitrogen and oxygen atoms in total. The van der Waals surface area contributed by atoms with Crippen LogP contribution in [0, 0.1) is 0 Å². The number of pyridine rings is 1. The Labute approximate surface area is 173 Å². The molecule has 1 atom stereocenters. The summed E-state index contributed by atoms with van der Waals surface area (Å²) in [5, 5.41) is 17.5. The van der Waals surface area contributed by atoms with E-state index < -0.39 is 0 Å². The van der Waals surface area contributed by atoms with E-state index in [-0.39, 0.29) is 18.7 Å². The van der Waals surface area contributed by atoms with Crippen molar-refractivity contribution in [2.45, 2.75) is 38.6 Å². The first-order valence-corrected chi connectivity index (χ1v) is 10.2. The number of carbonyl (C=O) groups is 1. The lowest BCUT2D eigenvalue weighted by Gasteiger charge is -2.23. The zero-order valence-electron chi connectivity index (χ0n) is 16.5. The minimum absolute atomic E-state index is 0.0240. The highest BCUT2D eigenvalue weighted by atomic mass is 16.5.